The van der Waals surface area contributed by atoms with Crippen LogP contribution in [0.25, 0.3) is 32.9 Å². The Labute approximate surface area is 89.9 Å². The zero-order chi connectivity index (χ0) is 10.5. The van der Waals surface area contributed by atoms with Crippen molar-refractivity contribution in [2.45, 2.75) is 0 Å². The summed E-state index contributed by atoms with van der Waals surface area (Å²) < 4.78 is 5.28. The van der Waals surface area contributed by atoms with E-state index < -0.39 is 0 Å². The minimum atomic E-state index is 0.676. The predicted molar refractivity (Wildman–Crippen MR) is 61.2 cm³/mol. The molecule has 0 amide bonds. The van der Waals surface area contributed by atoms with E-state index in [1.54, 1.807) is 6.26 Å². The van der Waals surface area contributed by atoms with E-state index in [2.05, 4.69) is 21.2 Å². The molecular weight excluding hydrogens is 202 g/mol. The number of aromatic nitrogens is 3. The van der Waals surface area contributed by atoms with E-state index >= 15 is 0 Å². The van der Waals surface area contributed by atoms with Crippen LogP contribution in [0.2, 0.25) is 0 Å². The number of rotatable bonds is 0. The third-order valence-corrected chi connectivity index (χ3v) is 2.84. The lowest BCUT2D eigenvalue weighted by atomic mass is 10.1. The van der Waals surface area contributed by atoms with E-state index in [0.717, 1.165) is 27.2 Å². The zero-order valence-corrected chi connectivity index (χ0v) is 8.27. The molecule has 76 valence electrons. The Morgan fingerprint density at radius 3 is 3.12 bits per heavy atom. The van der Waals surface area contributed by atoms with Crippen LogP contribution in [0.5, 0.6) is 0 Å². The second-order valence-electron chi connectivity index (χ2n) is 3.77. The highest BCUT2D eigenvalue weighted by Crippen LogP contribution is 2.26. The van der Waals surface area contributed by atoms with Crippen molar-refractivity contribution < 1.29 is 4.42 Å². The van der Waals surface area contributed by atoms with E-state index in [0.29, 0.717) is 5.71 Å². The number of H-pyrrole nitrogens is 1. The van der Waals surface area contributed by atoms with Gasteiger partial charge in [0.15, 0.2) is 0 Å². The van der Waals surface area contributed by atoms with Crippen molar-refractivity contribution >= 4 is 32.9 Å². The number of hydrogen-bond acceptors (Lipinski definition) is 3. The molecule has 0 radical (unpaired) electrons. The lowest BCUT2D eigenvalue weighted by Gasteiger charge is -1.98. The molecule has 0 saturated heterocycles. The monoisotopic (exact) mass is 209 g/mol. The normalized spacial score (nSPS) is 11.8. The van der Waals surface area contributed by atoms with Crippen molar-refractivity contribution in [1.82, 2.24) is 15.2 Å². The summed E-state index contributed by atoms with van der Waals surface area (Å²) in [5, 5.41) is 10.2. The molecule has 3 aromatic heterocycles. The van der Waals surface area contributed by atoms with Gasteiger partial charge in [0.05, 0.1) is 23.5 Å². The van der Waals surface area contributed by atoms with Crippen LogP contribution in [0.1, 0.15) is 0 Å². The Kier molecular flexibility index (Phi) is 1.28. The van der Waals surface area contributed by atoms with Crippen LogP contribution >= 0.6 is 0 Å². The molecular formula is C12H7N3O. The fourth-order valence-electron chi connectivity index (χ4n) is 2.05. The van der Waals surface area contributed by atoms with Gasteiger partial charge in [-0.2, -0.15) is 5.10 Å². The average Bonchev–Trinajstić information content (AvgIpc) is 2.94. The van der Waals surface area contributed by atoms with Gasteiger partial charge in [0.25, 0.3) is 0 Å². The van der Waals surface area contributed by atoms with E-state index in [4.69, 9.17) is 4.42 Å². The molecule has 0 fully saturated rings. The van der Waals surface area contributed by atoms with E-state index in [1.165, 1.54) is 0 Å². The van der Waals surface area contributed by atoms with Gasteiger partial charge in [-0.1, -0.05) is 0 Å². The van der Waals surface area contributed by atoms with Gasteiger partial charge in [0, 0.05) is 16.2 Å². The molecule has 1 aromatic carbocycles. The Balaban J connectivity index is 2.33. The van der Waals surface area contributed by atoms with E-state index in [1.807, 2.05) is 24.4 Å². The summed E-state index contributed by atoms with van der Waals surface area (Å²) in [6.45, 7) is 0. The van der Waals surface area contributed by atoms with Gasteiger partial charge in [0.2, 0.25) is 5.71 Å². The first-order chi connectivity index (χ1) is 7.92. The SMILES string of the molecule is c1cc2cc3c(ccc4[nH]ncc43)nc2o1. The highest BCUT2D eigenvalue weighted by molar-refractivity contribution is 6.07. The predicted octanol–water partition coefficient (Wildman–Crippen LogP) is 2.86. The van der Waals surface area contributed by atoms with Gasteiger partial charge in [-0.15, -0.1) is 0 Å². The standard InChI is InChI=1S/C12H7N3O/c1-2-11-9(6-13-15-11)8-5-7-3-4-16-12(7)14-10(1)8/h1-6H,(H,13,15). The first kappa shape index (κ1) is 7.87. The van der Waals surface area contributed by atoms with Crippen LogP contribution < -0.4 is 0 Å². The lowest BCUT2D eigenvalue weighted by Crippen LogP contribution is -1.80. The lowest BCUT2D eigenvalue weighted by molar-refractivity contribution is 0.604. The summed E-state index contributed by atoms with van der Waals surface area (Å²) in [6, 6.07) is 7.95. The maximum absolute atomic E-state index is 5.28. The van der Waals surface area contributed by atoms with Gasteiger partial charge in [-0.05, 0) is 24.3 Å². The number of fused-ring (bicyclic) bond motifs is 4. The number of pyridine rings is 1. The van der Waals surface area contributed by atoms with Crippen molar-refractivity contribution in [3.8, 4) is 0 Å². The molecule has 3 heterocycles. The molecule has 0 aliphatic rings. The third kappa shape index (κ3) is 0.883. The van der Waals surface area contributed by atoms with Crippen LogP contribution in [0.4, 0.5) is 0 Å². The second kappa shape index (κ2) is 2.61. The molecule has 4 aromatic rings. The molecule has 0 spiro atoms. The quantitative estimate of drug-likeness (QED) is 0.484. The molecule has 0 bridgehead atoms. The van der Waals surface area contributed by atoms with Crippen molar-refractivity contribution in [3.05, 3.63) is 36.7 Å². The molecule has 0 atom stereocenters. The highest BCUT2D eigenvalue weighted by Gasteiger charge is 2.06. The van der Waals surface area contributed by atoms with Crippen molar-refractivity contribution in [2.24, 2.45) is 0 Å². The molecule has 0 aliphatic heterocycles. The zero-order valence-electron chi connectivity index (χ0n) is 8.27. The van der Waals surface area contributed by atoms with Gasteiger partial charge in [-0.3, -0.25) is 5.10 Å². The summed E-state index contributed by atoms with van der Waals surface area (Å²) in [5.41, 5.74) is 2.63. The van der Waals surface area contributed by atoms with Gasteiger partial charge in [0.1, 0.15) is 0 Å². The van der Waals surface area contributed by atoms with Crippen molar-refractivity contribution in [2.75, 3.05) is 0 Å². The molecule has 1 N–H and O–H groups in total. The molecule has 0 unspecified atom stereocenters. The summed E-state index contributed by atoms with van der Waals surface area (Å²) >= 11 is 0. The van der Waals surface area contributed by atoms with Crippen LogP contribution in [0.15, 0.2) is 41.1 Å². The molecule has 16 heavy (non-hydrogen) atoms. The molecule has 4 heteroatoms. The average molecular weight is 209 g/mol. The number of aromatic amines is 1. The van der Waals surface area contributed by atoms with Gasteiger partial charge < -0.3 is 4.42 Å². The minimum Gasteiger partial charge on any atom is -0.446 e. The van der Waals surface area contributed by atoms with Crippen molar-refractivity contribution in [1.29, 1.82) is 0 Å². The van der Waals surface area contributed by atoms with Gasteiger partial charge in [-0.25, -0.2) is 4.98 Å². The van der Waals surface area contributed by atoms with Crippen LogP contribution in [-0.2, 0) is 0 Å². The number of hydrogen-bond donors (Lipinski definition) is 1. The Bertz CT molecular complexity index is 812. The summed E-state index contributed by atoms with van der Waals surface area (Å²) in [5.74, 6) is 0. The maximum atomic E-state index is 5.28. The molecule has 0 saturated carbocycles. The number of benzene rings is 1. The van der Waals surface area contributed by atoms with E-state index in [-0.39, 0.29) is 0 Å². The minimum absolute atomic E-state index is 0.676. The third-order valence-electron chi connectivity index (χ3n) is 2.84. The van der Waals surface area contributed by atoms with Crippen LogP contribution in [-0.4, -0.2) is 15.2 Å². The van der Waals surface area contributed by atoms with E-state index in [9.17, 15) is 0 Å². The fraction of sp³-hybridized carbons (Fsp3) is 0. The number of nitrogens with zero attached hydrogens (tertiary/aromatic N) is 2. The number of nitrogens with one attached hydrogen (secondary N) is 1. The van der Waals surface area contributed by atoms with Gasteiger partial charge >= 0.3 is 0 Å². The Hall–Kier alpha value is -2.36. The molecule has 4 rings (SSSR count). The summed E-state index contributed by atoms with van der Waals surface area (Å²) in [4.78, 5) is 4.46. The number of furan rings is 1. The first-order valence-corrected chi connectivity index (χ1v) is 5.02. The second-order valence-corrected chi connectivity index (χ2v) is 3.77. The fourth-order valence-corrected chi connectivity index (χ4v) is 2.05. The molecule has 0 aliphatic carbocycles. The Morgan fingerprint density at radius 1 is 1.12 bits per heavy atom. The smallest absolute Gasteiger partial charge is 0.226 e. The summed E-state index contributed by atoms with van der Waals surface area (Å²) in [6.07, 6.45) is 3.48. The summed E-state index contributed by atoms with van der Waals surface area (Å²) in [7, 11) is 0. The maximum Gasteiger partial charge on any atom is 0.226 e. The topological polar surface area (TPSA) is 54.7 Å². The van der Waals surface area contributed by atoms with Crippen molar-refractivity contribution in [3.63, 3.8) is 0 Å². The van der Waals surface area contributed by atoms with Crippen LogP contribution in [0, 0.1) is 0 Å². The van der Waals surface area contributed by atoms with Crippen LogP contribution in [0.3, 0.4) is 0 Å². The Morgan fingerprint density at radius 2 is 2.12 bits per heavy atom. The molecule has 4 nitrogen and oxygen atoms in total. The largest absolute Gasteiger partial charge is 0.446 e. The highest BCUT2D eigenvalue weighted by atomic mass is 16.3. The first-order valence-electron chi connectivity index (χ1n) is 5.02.